The van der Waals surface area contributed by atoms with Crippen molar-refractivity contribution in [1.82, 2.24) is 4.98 Å². The Bertz CT molecular complexity index is 505. The number of fused-ring (bicyclic) bond motifs is 1. The molecule has 80 valence electrons. The molecule has 15 heavy (non-hydrogen) atoms. The van der Waals surface area contributed by atoms with Crippen molar-refractivity contribution < 1.29 is 4.74 Å². The number of aromatic nitrogens is 1. The van der Waals surface area contributed by atoms with Crippen molar-refractivity contribution >= 4 is 34.1 Å². The second kappa shape index (κ2) is 3.95. The fourth-order valence-electron chi connectivity index (χ4n) is 1.65. The molecule has 0 radical (unpaired) electrons. The van der Waals surface area contributed by atoms with E-state index in [-0.39, 0.29) is 0 Å². The number of halogens is 2. The van der Waals surface area contributed by atoms with Crippen LogP contribution >= 0.6 is 23.2 Å². The van der Waals surface area contributed by atoms with Gasteiger partial charge in [-0.05, 0) is 19.4 Å². The molecule has 0 saturated carbocycles. The molecule has 1 aromatic heterocycles. The third kappa shape index (κ3) is 1.68. The third-order valence-electron chi connectivity index (χ3n) is 2.31. The Hall–Kier alpha value is -0.860. The van der Waals surface area contributed by atoms with Crippen molar-refractivity contribution in [3.05, 3.63) is 27.9 Å². The summed E-state index contributed by atoms with van der Waals surface area (Å²) in [5.74, 6) is 0.778. The molecule has 0 fully saturated rings. The molecule has 1 N–H and O–H groups in total. The van der Waals surface area contributed by atoms with Crippen molar-refractivity contribution in [3.8, 4) is 5.75 Å². The molecule has 2 nitrogen and oxygen atoms in total. The smallest absolute Gasteiger partial charge is 0.130 e. The van der Waals surface area contributed by atoms with Gasteiger partial charge in [0.25, 0.3) is 0 Å². The number of rotatable bonds is 2. The minimum absolute atomic E-state index is 0.509. The quantitative estimate of drug-likeness (QED) is 0.842. The predicted molar refractivity (Wildman–Crippen MR) is 64.2 cm³/mol. The van der Waals surface area contributed by atoms with Crippen LogP contribution in [-0.4, -0.2) is 11.6 Å². The highest BCUT2D eigenvalue weighted by Gasteiger charge is 2.13. The molecule has 0 aliphatic carbocycles. The lowest BCUT2D eigenvalue weighted by Crippen LogP contribution is -1.92. The zero-order valence-electron chi connectivity index (χ0n) is 8.53. The van der Waals surface area contributed by atoms with E-state index in [9.17, 15) is 0 Å². The number of hydrogen-bond acceptors (Lipinski definition) is 1. The standard InChI is InChI=1S/C11H11Cl2NO/c1-3-15-8-4-7(12)10(13)11-9(8)6(2)5-14-11/h4-5,14H,3H2,1-2H3. The molecule has 0 saturated heterocycles. The zero-order chi connectivity index (χ0) is 11.0. The fourth-order valence-corrected chi connectivity index (χ4v) is 2.05. The van der Waals surface area contributed by atoms with E-state index in [1.54, 1.807) is 6.07 Å². The first-order valence-electron chi connectivity index (χ1n) is 4.73. The summed E-state index contributed by atoms with van der Waals surface area (Å²) in [6.07, 6.45) is 1.90. The molecule has 4 heteroatoms. The van der Waals surface area contributed by atoms with Crippen LogP contribution in [0.1, 0.15) is 12.5 Å². The minimum Gasteiger partial charge on any atom is -0.493 e. The number of aromatic amines is 1. The van der Waals surface area contributed by atoms with Crippen molar-refractivity contribution in [2.24, 2.45) is 0 Å². The molecule has 0 unspecified atom stereocenters. The first kappa shape index (κ1) is 10.7. The Morgan fingerprint density at radius 1 is 1.40 bits per heavy atom. The van der Waals surface area contributed by atoms with Gasteiger partial charge in [0.05, 0.1) is 22.2 Å². The molecule has 0 spiro atoms. The largest absolute Gasteiger partial charge is 0.493 e. The molecule has 2 rings (SSSR count). The first-order valence-corrected chi connectivity index (χ1v) is 5.49. The van der Waals surface area contributed by atoms with E-state index in [4.69, 9.17) is 27.9 Å². The average molecular weight is 244 g/mol. The number of H-pyrrole nitrogens is 1. The second-order valence-corrected chi connectivity index (χ2v) is 4.11. The SMILES string of the molecule is CCOc1cc(Cl)c(Cl)c2[nH]cc(C)c12. The monoisotopic (exact) mass is 243 g/mol. The maximum Gasteiger partial charge on any atom is 0.130 e. The van der Waals surface area contributed by atoms with Crippen LogP contribution < -0.4 is 4.74 Å². The van der Waals surface area contributed by atoms with E-state index in [0.29, 0.717) is 16.7 Å². The van der Waals surface area contributed by atoms with Gasteiger partial charge in [-0.1, -0.05) is 23.2 Å². The van der Waals surface area contributed by atoms with Crippen LogP contribution in [0.15, 0.2) is 12.3 Å². The summed E-state index contributed by atoms with van der Waals surface area (Å²) in [7, 11) is 0. The van der Waals surface area contributed by atoms with Crippen LogP contribution in [0.25, 0.3) is 10.9 Å². The molecule has 0 aliphatic rings. The number of ether oxygens (including phenoxy) is 1. The lowest BCUT2D eigenvalue weighted by Gasteiger charge is -2.08. The average Bonchev–Trinajstić information content (AvgIpc) is 2.57. The topological polar surface area (TPSA) is 25.0 Å². The number of nitrogens with one attached hydrogen (secondary N) is 1. The van der Waals surface area contributed by atoms with Gasteiger partial charge in [0, 0.05) is 17.6 Å². The van der Waals surface area contributed by atoms with E-state index in [0.717, 1.165) is 22.2 Å². The lowest BCUT2D eigenvalue weighted by atomic mass is 10.2. The third-order valence-corrected chi connectivity index (χ3v) is 3.10. The van der Waals surface area contributed by atoms with Gasteiger partial charge >= 0.3 is 0 Å². The Kier molecular flexibility index (Phi) is 2.81. The van der Waals surface area contributed by atoms with Crippen LogP contribution in [0.4, 0.5) is 0 Å². The number of aryl methyl sites for hydroxylation is 1. The first-order chi connectivity index (χ1) is 7.15. The second-order valence-electron chi connectivity index (χ2n) is 3.33. The summed E-state index contributed by atoms with van der Waals surface area (Å²) >= 11 is 12.1. The molecular formula is C11H11Cl2NO. The van der Waals surface area contributed by atoms with Crippen molar-refractivity contribution in [2.75, 3.05) is 6.61 Å². The number of hydrogen-bond donors (Lipinski definition) is 1. The Morgan fingerprint density at radius 2 is 2.13 bits per heavy atom. The Balaban J connectivity index is 2.79. The maximum atomic E-state index is 6.09. The molecule has 0 aliphatic heterocycles. The van der Waals surface area contributed by atoms with Crippen molar-refractivity contribution in [1.29, 1.82) is 0 Å². The van der Waals surface area contributed by atoms with Crippen LogP contribution in [0, 0.1) is 6.92 Å². The molecular weight excluding hydrogens is 233 g/mol. The molecule has 1 heterocycles. The van der Waals surface area contributed by atoms with Crippen LogP contribution in [0.2, 0.25) is 10.0 Å². The normalized spacial score (nSPS) is 10.9. The molecule has 0 bridgehead atoms. The summed E-state index contributed by atoms with van der Waals surface area (Å²) in [4.78, 5) is 3.10. The van der Waals surface area contributed by atoms with Gasteiger partial charge in [-0.15, -0.1) is 0 Å². The molecule has 0 atom stereocenters. The van der Waals surface area contributed by atoms with E-state index in [2.05, 4.69) is 4.98 Å². The Morgan fingerprint density at radius 3 is 2.80 bits per heavy atom. The summed E-state index contributed by atoms with van der Waals surface area (Å²) in [5.41, 5.74) is 1.94. The molecule has 2 aromatic rings. The van der Waals surface area contributed by atoms with Gasteiger partial charge in [-0.3, -0.25) is 0 Å². The van der Waals surface area contributed by atoms with Gasteiger partial charge < -0.3 is 9.72 Å². The van der Waals surface area contributed by atoms with Gasteiger partial charge in [-0.25, -0.2) is 0 Å². The van der Waals surface area contributed by atoms with Crippen LogP contribution in [0.3, 0.4) is 0 Å². The van der Waals surface area contributed by atoms with Gasteiger partial charge in [-0.2, -0.15) is 0 Å². The van der Waals surface area contributed by atoms with Gasteiger partial charge in [0.1, 0.15) is 5.75 Å². The lowest BCUT2D eigenvalue weighted by molar-refractivity contribution is 0.344. The molecule has 1 aromatic carbocycles. The van der Waals surface area contributed by atoms with Gasteiger partial charge in [0.2, 0.25) is 0 Å². The van der Waals surface area contributed by atoms with Crippen molar-refractivity contribution in [2.45, 2.75) is 13.8 Å². The highest BCUT2D eigenvalue weighted by atomic mass is 35.5. The van der Waals surface area contributed by atoms with E-state index in [1.165, 1.54) is 0 Å². The Labute approximate surface area is 98.1 Å². The zero-order valence-corrected chi connectivity index (χ0v) is 10.0. The van der Waals surface area contributed by atoms with Gasteiger partial charge in [0.15, 0.2) is 0 Å². The predicted octanol–water partition coefficient (Wildman–Crippen LogP) is 4.18. The number of benzene rings is 1. The van der Waals surface area contributed by atoms with Crippen molar-refractivity contribution in [3.63, 3.8) is 0 Å². The van der Waals surface area contributed by atoms with E-state index >= 15 is 0 Å². The van der Waals surface area contributed by atoms with Crippen LogP contribution in [0.5, 0.6) is 5.75 Å². The summed E-state index contributed by atoms with van der Waals surface area (Å²) in [6.45, 7) is 4.56. The highest BCUT2D eigenvalue weighted by molar-refractivity contribution is 6.45. The van der Waals surface area contributed by atoms with Crippen LogP contribution in [-0.2, 0) is 0 Å². The maximum absolute atomic E-state index is 6.09. The van der Waals surface area contributed by atoms with E-state index in [1.807, 2.05) is 20.0 Å². The summed E-state index contributed by atoms with van der Waals surface area (Å²) in [5, 5.41) is 2.06. The molecule has 0 amide bonds. The summed E-state index contributed by atoms with van der Waals surface area (Å²) in [6, 6.07) is 1.76. The summed E-state index contributed by atoms with van der Waals surface area (Å²) < 4.78 is 5.53. The van der Waals surface area contributed by atoms with E-state index < -0.39 is 0 Å². The fraction of sp³-hybridized carbons (Fsp3) is 0.273. The highest BCUT2D eigenvalue weighted by Crippen LogP contribution is 2.38. The minimum atomic E-state index is 0.509.